The van der Waals surface area contributed by atoms with Crippen LogP contribution in [0.5, 0.6) is 0 Å². The van der Waals surface area contributed by atoms with Crippen molar-refractivity contribution in [2.45, 2.75) is 18.8 Å². The molecular formula is C17H18ClN. The minimum Gasteiger partial charge on any atom is -0.315 e. The third kappa shape index (κ3) is 2.41. The Morgan fingerprint density at radius 1 is 1.11 bits per heavy atom. The molecule has 2 aromatic carbocycles. The van der Waals surface area contributed by atoms with Gasteiger partial charge in [0, 0.05) is 23.5 Å². The standard InChI is InChI=1S/C17H18ClN/c1-13-5-2-3-6-14(13)10-17(11-19-12-17)15-7-4-8-16(18)9-15/h2-9,19H,10-12H2,1H3. The molecule has 0 bridgehead atoms. The van der Waals surface area contributed by atoms with Crippen molar-refractivity contribution in [3.63, 3.8) is 0 Å². The lowest BCUT2D eigenvalue weighted by Gasteiger charge is -2.44. The van der Waals surface area contributed by atoms with E-state index in [9.17, 15) is 0 Å². The van der Waals surface area contributed by atoms with Gasteiger partial charge in [-0.15, -0.1) is 0 Å². The van der Waals surface area contributed by atoms with E-state index in [1.165, 1.54) is 16.7 Å². The van der Waals surface area contributed by atoms with Crippen LogP contribution in [-0.4, -0.2) is 13.1 Å². The van der Waals surface area contributed by atoms with Crippen LogP contribution in [0.2, 0.25) is 5.02 Å². The van der Waals surface area contributed by atoms with E-state index in [0.29, 0.717) is 0 Å². The first-order valence-electron chi connectivity index (χ1n) is 6.71. The summed E-state index contributed by atoms with van der Waals surface area (Å²) < 4.78 is 0. The Kier molecular flexibility index (Phi) is 3.34. The first-order valence-corrected chi connectivity index (χ1v) is 7.09. The Balaban J connectivity index is 1.94. The SMILES string of the molecule is Cc1ccccc1CC1(c2cccc(Cl)c2)CNC1. The lowest BCUT2D eigenvalue weighted by molar-refractivity contribution is 0.274. The van der Waals surface area contributed by atoms with E-state index < -0.39 is 0 Å². The zero-order valence-corrected chi connectivity index (χ0v) is 11.9. The molecule has 2 aromatic rings. The predicted molar refractivity (Wildman–Crippen MR) is 80.9 cm³/mol. The molecule has 0 spiro atoms. The number of nitrogens with one attached hydrogen (secondary N) is 1. The predicted octanol–water partition coefficient (Wildman–Crippen LogP) is 3.73. The van der Waals surface area contributed by atoms with Crippen molar-refractivity contribution in [1.82, 2.24) is 5.32 Å². The average Bonchev–Trinajstić information content (AvgIpc) is 2.36. The van der Waals surface area contributed by atoms with Gasteiger partial charge >= 0.3 is 0 Å². The van der Waals surface area contributed by atoms with Crippen LogP contribution >= 0.6 is 11.6 Å². The summed E-state index contributed by atoms with van der Waals surface area (Å²) >= 11 is 6.15. The molecule has 98 valence electrons. The van der Waals surface area contributed by atoms with Crippen molar-refractivity contribution >= 4 is 11.6 Å². The number of aryl methyl sites for hydroxylation is 1. The molecule has 0 unspecified atom stereocenters. The molecule has 1 saturated heterocycles. The lowest BCUT2D eigenvalue weighted by atomic mass is 9.70. The van der Waals surface area contributed by atoms with Crippen LogP contribution in [0.15, 0.2) is 48.5 Å². The minimum absolute atomic E-state index is 0.205. The van der Waals surface area contributed by atoms with Gasteiger partial charge in [0.2, 0.25) is 0 Å². The van der Waals surface area contributed by atoms with E-state index in [2.05, 4.69) is 54.7 Å². The molecule has 1 nitrogen and oxygen atoms in total. The highest BCUT2D eigenvalue weighted by atomic mass is 35.5. The fourth-order valence-electron chi connectivity index (χ4n) is 2.85. The Hall–Kier alpha value is -1.31. The van der Waals surface area contributed by atoms with Crippen molar-refractivity contribution in [3.8, 4) is 0 Å². The molecule has 0 atom stereocenters. The second-order valence-corrected chi connectivity index (χ2v) is 5.93. The van der Waals surface area contributed by atoms with Crippen molar-refractivity contribution in [3.05, 3.63) is 70.2 Å². The largest absolute Gasteiger partial charge is 0.315 e. The molecule has 1 N–H and O–H groups in total. The molecule has 1 heterocycles. The zero-order valence-electron chi connectivity index (χ0n) is 11.1. The summed E-state index contributed by atoms with van der Waals surface area (Å²) in [6.45, 7) is 4.25. The van der Waals surface area contributed by atoms with E-state index in [1.54, 1.807) is 0 Å². The van der Waals surface area contributed by atoms with Gasteiger partial charge in [-0.3, -0.25) is 0 Å². The highest BCUT2D eigenvalue weighted by Crippen LogP contribution is 2.34. The molecule has 2 heteroatoms. The topological polar surface area (TPSA) is 12.0 Å². The maximum Gasteiger partial charge on any atom is 0.0408 e. The van der Waals surface area contributed by atoms with E-state index in [1.807, 2.05) is 6.07 Å². The smallest absolute Gasteiger partial charge is 0.0408 e. The summed E-state index contributed by atoms with van der Waals surface area (Å²) in [5.41, 5.74) is 4.36. The van der Waals surface area contributed by atoms with E-state index >= 15 is 0 Å². The maximum atomic E-state index is 6.15. The van der Waals surface area contributed by atoms with Crippen LogP contribution < -0.4 is 5.32 Å². The molecule has 1 aliphatic rings. The van der Waals surface area contributed by atoms with Gasteiger partial charge in [0.15, 0.2) is 0 Å². The van der Waals surface area contributed by atoms with Gasteiger partial charge < -0.3 is 5.32 Å². The molecule has 1 fully saturated rings. The highest BCUT2D eigenvalue weighted by Gasteiger charge is 2.38. The Labute approximate surface area is 119 Å². The zero-order chi connectivity index (χ0) is 13.3. The number of benzene rings is 2. The Bertz CT molecular complexity index is 587. The summed E-state index contributed by atoms with van der Waals surface area (Å²) in [4.78, 5) is 0. The van der Waals surface area contributed by atoms with Gasteiger partial charge in [0.05, 0.1) is 0 Å². The van der Waals surface area contributed by atoms with Gasteiger partial charge in [-0.25, -0.2) is 0 Å². The number of rotatable bonds is 3. The average molecular weight is 272 g/mol. The maximum absolute atomic E-state index is 6.15. The van der Waals surface area contributed by atoms with Gasteiger partial charge in [0.25, 0.3) is 0 Å². The summed E-state index contributed by atoms with van der Waals surface area (Å²) in [6.07, 6.45) is 1.08. The van der Waals surface area contributed by atoms with Gasteiger partial charge in [-0.2, -0.15) is 0 Å². The first-order chi connectivity index (χ1) is 9.20. The lowest BCUT2D eigenvalue weighted by Crippen LogP contribution is -2.58. The van der Waals surface area contributed by atoms with Crippen LogP contribution in [-0.2, 0) is 11.8 Å². The molecule has 0 aliphatic carbocycles. The van der Waals surface area contributed by atoms with Gasteiger partial charge in [0.1, 0.15) is 0 Å². The molecule has 0 saturated carbocycles. The van der Waals surface area contributed by atoms with Crippen LogP contribution in [0.4, 0.5) is 0 Å². The highest BCUT2D eigenvalue weighted by molar-refractivity contribution is 6.30. The van der Waals surface area contributed by atoms with Crippen molar-refractivity contribution in [2.24, 2.45) is 0 Å². The van der Waals surface area contributed by atoms with E-state index in [-0.39, 0.29) is 5.41 Å². The molecule has 0 amide bonds. The second-order valence-electron chi connectivity index (χ2n) is 5.50. The van der Waals surface area contributed by atoms with Gasteiger partial charge in [-0.05, 0) is 42.2 Å². The van der Waals surface area contributed by atoms with Crippen LogP contribution in [0, 0.1) is 6.92 Å². The number of hydrogen-bond acceptors (Lipinski definition) is 1. The molecule has 0 radical (unpaired) electrons. The van der Waals surface area contributed by atoms with Crippen molar-refractivity contribution in [1.29, 1.82) is 0 Å². The van der Waals surface area contributed by atoms with Gasteiger partial charge in [-0.1, -0.05) is 48.0 Å². The second kappa shape index (κ2) is 4.99. The van der Waals surface area contributed by atoms with Crippen molar-refractivity contribution in [2.75, 3.05) is 13.1 Å². The van der Waals surface area contributed by atoms with E-state index in [0.717, 1.165) is 24.5 Å². The van der Waals surface area contributed by atoms with Crippen LogP contribution in [0.1, 0.15) is 16.7 Å². The molecule has 19 heavy (non-hydrogen) atoms. The summed E-state index contributed by atoms with van der Waals surface area (Å²) in [5.74, 6) is 0. The quantitative estimate of drug-likeness (QED) is 0.897. The monoisotopic (exact) mass is 271 g/mol. The first kappa shape index (κ1) is 12.7. The summed E-state index contributed by atoms with van der Waals surface area (Å²) in [5, 5.41) is 4.24. The number of hydrogen-bond donors (Lipinski definition) is 1. The summed E-state index contributed by atoms with van der Waals surface area (Å²) in [7, 11) is 0. The third-order valence-electron chi connectivity index (χ3n) is 4.15. The summed E-state index contributed by atoms with van der Waals surface area (Å²) in [6, 6.07) is 17.0. The Morgan fingerprint density at radius 3 is 2.53 bits per heavy atom. The van der Waals surface area contributed by atoms with E-state index in [4.69, 9.17) is 11.6 Å². The fraction of sp³-hybridized carbons (Fsp3) is 0.294. The fourth-order valence-corrected chi connectivity index (χ4v) is 3.04. The van der Waals surface area contributed by atoms with Crippen molar-refractivity contribution < 1.29 is 0 Å². The normalized spacial score (nSPS) is 16.9. The van der Waals surface area contributed by atoms with Crippen LogP contribution in [0.25, 0.3) is 0 Å². The number of halogens is 1. The van der Waals surface area contributed by atoms with Crippen LogP contribution in [0.3, 0.4) is 0 Å². The molecule has 1 aliphatic heterocycles. The molecular weight excluding hydrogens is 254 g/mol. The minimum atomic E-state index is 0.205. The molecule has 0 aromatic heterocycles. The third-order valence-corrected chi connectivity index (χ3v) is 4.39. The molecule has 3 rings (SSSR count). The Morgan fingerprint density at radius 2 is 1.89 bits per heavy atom.